The number of ether oxygens (including phenoxy) is 1. The van der Waals surface area contributed by atoms with E-state index in [1.165, 1.54) is 12.1 Å². The number of halogens is 1. The largest absolute Gasteiger partial charge is 0.491 e. The summed E-state index contributed by atoms with van der Waals surface area (Å²) in [5.74, 6) is 0.285. The molecule has 1 aromatic heterocycles. The summed E-state index contributed by atoms with van der Waals surface area (Å²) in [5.41, 5.74) is 2.33. The summed E-state index contributed by atoms with van der Waals surface area (Å²) in [6, 6.07) is 11.4. The molecule has 1 unspecified atom stereocenters. The second-order valence-electron chi connectivity index (χ2n) is 5.85. The predicted octanol–water partition coefficient (Wildman–Crippen LogP) is 2.00. The molecule has 126 valence electrons. The number of fused-ring (bicyclic) bond motifs is 1. The van der Waals surface area contributed by atoms with Crippen LogP contribution in [0.25, 0.3) is 11.0 Å². The maximum absolute atomic E-state index is 12.9. The Morgan fingerprint density at radius 2 is 1.75 bits per heavy atom. The second-order valence-corrected chi connectivity index (χ2v) is 5.85. The minimum atomic E-state index is -0.703. The zero-order valence-electron chi connectivity index (χ0n) is 13.6. The second kappa shape index (κ2) is 6.49. The van der Waals surface area contributed by atoms with Gasteiger partial charge in [0.15, 0.2) is 0 Å². The number of aromatic nitrogens is 2. The number of aliphatic hydroxyl groups is 1. The third-order valence-corrected chi connectivity index (χ3v) is 4.07. The van der Waals surface area contributed by atoms with E-state index in [2.05, 4.69) is 0 Å². The van der Waals surface area contributed by atoms with Crippen molar-refractivity contribution in [3.8, 4) is 5.75 Å². The van der Waals surface area contributed by atoms with Gasteiger partial charge in [-0.1, -0.05) is 12.1 Å². The zero-order chi connectivity index (χ0) is 17.3. The fraction of sp³-hybridized carbons (Fsp3) is 0.278. The molecular formula is C18H19FN2O3. The van der Waals surface area contributed by atoms with E-state index in [4.69, 9.17) is 4.74 Å². The molecule has 5 nitrogen and oxygen atoms in total. The Balaban J connectivity index is 1.68. The van der Waals surface area contributed by atoms with Gasteiger partial charge in [0.25, 0.3) is 0 Å². The molecule has 0 saturated carbocycles. The third-order valence-electron chi connectivity index (χ3n) is 4.07. The van der Waals surface area contributed by atoms with E-state index < -0.39 is 6.10 Å². The number of hydrogen-bond acceptors (Lipinski definition) is 3. The van der Waals surface area contributed by atoms with Crippen molar-refractivity contribution in [3.05, 3.63) is 64.3 Å². The summed E-state index contributed by atoms with van der Waals surface area (Å²) >= 11 is 0. The molecule has 0 radical (unpaired) electrons. The topological polar surface area (TPSA) is 56.4 Å². The monoisotopic (exact) mass is 330 g/mol. The van der Waals surface area contributed by atoms with Crippen molar-refractivity contribution in [1.29, 1.82) is 0 Å². The van der Waals surface area contributed by atoms with Gasteiger partial charge in [-0.25, -0.2) is 9.18 Å². The minimum Gasteiger partial charge on any atom is -0.491 e. The molecule has 1 N–H and O–H groups in total. The van der Waals surface area contributed by atoms with Crippen LogP contribution in [0.2, 0.25) is 0 Å². The summed E-state index contributed by atoms with van der Waals surface area (Å²) in [4.78, 5) is 11.9. The Hall–Kier alpha value is -2.60. The SMILES string of the molecule is Cn1c(=O)n(C)c2cc(OCC(O)Cc3ccc(F)cc3)ccc21. The van der Waals surface area contributed by atoms with E-state index in [-0.39, 0.29) is 18.1 Å². The first-order valence-corrected chi connectivity index (χ1v) is 7.66. The van der Waals surface area contributed by atoms with Gasteiger partial charge in [0, 0.05) is 26.6 Å². The number of benzene rings is 2. The Bertz CT molecular complexity index is 912. The van der Waals surface area contributed by atoms with Gasteiger partial charge in [0.2, 0.25) is 0 Å². The molecule has 2 aromatic carbocycles. The van der Waals surface area contributed by atoms with Crippen LogP contribution in [0.4, 0.5) is 4.39 Å². The van der Waals surface area contributed by atoms with Crippen molar-refractivity contribution >= 4 is 11.0 Å². The summed E-state index contributed by atoms with van der Waals surface area (Å²) in [5, 5.41) is 10.1. The van der Waals surface area contributed by atoms with E-state index in [1.807, 2.05) is 6.07 Å². The molecule has 0 amide bonds. The number of imidazole rings is 1. The maximum Gasteiger partial charge on any atom is 0.328 e. The van der Waals surface area contributed by atoms with E-state index >= 15 is 0 Å². The van der Waals surface area contributed by atoms with Crippen LogP contribution < -0.4 is 10.4 Å². The lowest BCUT2D eigenvalue weighted by Crippen LogP contribution is -2.20. The van der Waals surface area contributed by atoms with Crippen LogP contribution in [0.3, 0.4) is 0 Å². The highest BCUT2D eigenvalue weighted by atomic mass is 19.1. The van der Waals surface area contributed by atoms with Crippen LogP contribution in [0.5, 0.6) is 5.75 Å². The molecule has 24 heavy (non-hydrogen) atoms. The first-order valence-electron chi connectivity index (χ1n) is 7.66. The van der Waals surface area contributed by atoms with Gasteiger partial charge in [0.05, 0.1) is 17.1 Å². The number of rotatable bonds is 5. The normalized spacial score (nSPS) is 12.5. The predicted molar refractivity (Wildman–Crippen MR) is 89.8 cm³/mol. The van der Waals surface area contributed by atoms with Crippen LogP contribution in [0.1, 0.15) is 5.56 Å². The molecule has 3 rings (SSSR count). The van der Waals surface area contributed by atoms with Crippen LogP contribution in [-0.2, 0) is 20.5 Å². The average molecular weight is 330 g/mol. The first kappa shape index (κ1) is 16.3. The Morgan fingerprint density at radius 3 is 2.46 bits per heavy atom. The average Bonchev–Trinajstić information content (AvgIpc) is 2.79. The summed E-state index contributed by atoms with van der Waals surface area (Å²) < 4.78 is 21.6. The highest BCUT2D eigenvalue weighted by Crippen LogP contribution is 2.19. The molecule has 0 spiro atoms. The van der Waals surface area contributed by atoms with Gasteiger partial charge in [-0.2, -0.15) is 0 Å². The fourth-order valence-corrected chi connectivity index (χ4v) is 2.72. The van der Waals surface area contributed by atoms with Crippen LogP contribution in [-0.4, -0.2) is 27.0 Å². The van der Waals surface area contributed by atoms with Crippen molar-refractivity contribution in [3.63, 3.8) is 0 Å². The molecule has 1 atom stereocenters. The van der Waals surface area contributed by atoms with E-state index in [9.17, 15) is 14.3 Å². The first-order chi connectivity index (χ1) is 11.5. The maximum atomic E-state index is 12.9. The minimum absolute atomic E-state index is 0.0986. The molecule has 0 fully saturated rings. The lowest BCUT2D eigenvalue weighted by Gasteiger charge is -2.13. The quantitative estimate of drug-likeness (QED) is 0.778. The lowest BCUT2D eigenvalue weighted by molar-refractivity contribution is 0.108. The Labute approximate surface area is 138 Å². The lowest BCUT2D eigenvalue weighted by atomic mass is 10.1. The molecule has 1 heterocycles. The van der Waals surface area contributed by atoms with Gasteiger partial charge in [-0.05, 0) is 29.8 Å². The molecule has 3 aromatic rings. The summed E-state index contributed by atoms with van der Waals surface area (Å²) in [6.45, 7) is 0.115. The number of hydrogen-bond donors (Lipinski definition) is 1. The molecular weight excluding hydrogens is 311 g/mol. The highest BCUT2D eigenvalue weighted by Gasteiger charge is 2.10. The Morgan fingerprint density at radius 1 is 1.08 bits per heavy atom. The molecule has 0 aliphatic rings. The van der Waals surface area contributed by atoms with Gasteiger partial charge in [-0.3, -0.25) is 9.13 Å². The van der Waals surface area contributed by atoms with Crippen molar-refractivity contribution in [2.75, 3.05) is 6.61 Å². The van der Waals surface area contributed by atoms with Gasteiger partial charge >= 0.3 is 5.69 Å². The number of nitrogens with zero attached hydrogens (tertiary/aromatic N) is 2. The Kier molecular flexibility index (Phi) is 4.40. The molecule has 0 bridgehead atoms. The van der Waals surface area contributed by atoms with Crippen LogP contribution >= 0.6 is 0 Å². The van der Waals surface area contributed by atoms with Gasteiger partial charge in [-0.15, -0.1) is 0 Å². The summed E-state index contributed by atoms with van der Waals surface area (Å²) in [6.07, 6.45) is -0.322. The molecule has 0 saturated heterocycles. The number of aryl methyl sites for hydroxylation is 2. The van der Waals surface area contributed by atoms with Gasteiger partial charge < -0.3 is 9.84 Å². The smallest absolute Gasteiger partial charge is 0.328 e. The van der Waals surface area contributed by atoms with E-state index in [1.54, 1.807) is 47.5 Å². The molecule has 0 aliphatic carbocycles. The van der Waals surface area contributed by atoms with Gasteiger partial charge in [0.1, 0.15) is 18.2 Å². The van der Waals surface area contributed by atoms with E-state index in [0.29, 0.717) is 12.2 Å². The number of aliphatic hydroxyl groups excluding tert-OH is 1. The zero-order valence-corrected chi connectivity index (χ0v) is 13.6. The van der Waals surface area contributed by atoms with Crippen molar-refractivity contribution < 1.29 is 14.2 Å². The van der Waals surface area contributed by atoms with E-state index in [0.717, 1.165) is 16.6 Å². The fourth-order valence-electron chi connectivity index (χ4n) is 2.72. The highest BCUT2D eigenvalue weighted by molar-refractivity contribution is 5.77. The third kappa shape index (κ3) is 3.19. The standard InChI is InChI=1S/C18H19FN2O3/c1-20-16-8-7-15(10-17(16)21(2)18(20)23)24-11-14(22)9-12-3-5-13(19)6-4-12/h3-8,10,14,22H,9,11H2,1-2H3. The van der Waals surface area contributed by atoms with Crippen molar-refractivity contribution in [2.45, 2.75) is 12.5 Å². The van der Waals surface area contributed by atoms with Crippen LogP contribution in [0.15, 0.2) is 47.3 Å². The van der Waals surface area contributed by atoms with Crippen molar-refractivity contribution in [2.24, 2.45) is 14.1 Å². The van der Waals surface area contributed by atoms with Crippen molar-refractivity contribution in [1.82, 2.24) is 9.13 Å². The molecule has 6 heteroatoms. The molecule has 0 aliphatic heterocycles. The van der Waals surface area contributed by atoms with Crippen LogP contribution in [0, 0.1) is 5.82 Å². The summed E-state index contributed by atoms with van der Waals surface area (Å²) in [7, 11) is 3.43.